The average molecular weight is 141 g/mol. The van der Waals surface area contributed by atoms with E-state index >= 15 is 0 Å². The van der Waals surface area contributed by atoms with Gasteiger partial charge in [0.15, 0.2) is 5.82 Å². The van der Waals surface area contributed by atoms with Crippen molar-refractivity contribution in [1.29, 1.82) is 0 Å². The van der Waals surface area contributed by atoms with E-state index in [1.165, 1.54) is 0 Å². The molecule has 4 heteroatoms. The lowest BCUT2D eigenvalue weighted by Crippen LogP contribution is -2.08. The lowest BCUT2D eigenvalue weighted by atomic mass is 10.2. The molecule has 2 N–H and O–H groups in total. The molecule has 4 nitrogen and oxygen atoms in total. The van der Waals surface area contributed by atoms with E-state index in [0.29, 0.717) is 11.7 Å². The van der Waals surface area contributed by atoms with Gasteiger partial charge in [-0.05, 0) is 13.3 Å². The second-order valence-electron chi connectivity index (χ2n) is 2.19. The molecule has 0 spiro atoms. The first-order valence-corrected chi connectivity index (χ1v) is 3.29. The molecular formula is C6H11N3O. The molecule has 1 rings (SSSR count). The fourth-order valence-electron chi connectivity index (χ4n) is 0.638. The highest BCUT2D eigenvalue weighted by Gasteiger charge is 2.09. The van der Waals surface area contributed by atoms with Gasteiger partial charge in [0.25, 0.3) is 0 Å². The van der Waals surface area contributed by atoms with Gasteiger partial charge in [0.2, 0.25) is 5.89 Å². The number of hydrogen-bond donors (Lipinski definition) is 1. The third kappa shape index (κ3) is 1.33. The molecule has 0 saturated heterocycles. The third-order valence-electron chi connectivity index (χ3n) is 1.30. The van der Waals surface area contributed by atoms with Gasteiger partial charge in [-0.1, -0.05) is 12.1 Å². The van der Waals surface area contributed by atoms with Crippen LogP contribution in [0.5, 0.6) is 0 Å². The van der Waals surface area contributed by atoms with E-state index in [9.17, 15) is 0 Å². The van der Waals surface area contributed by atoms with Crippen LogP contribution in [0.3, 0.4) is 0 Å². The van der Waals surface area contributed by atoms with Crippen LogP contribution in [0.1, 0.15) is 31.1 Å². The summed E-state index contributed by atoms with van der Waals surface area (Å²) in [6.45, 7) is 3.75. The predicted molar refractivity (Wildman–Crippen MR) is 36.3 cm³/mol. The summed E-state index contributed by atoms with van der Waals surface area (Å²) >= 11 is 0. The summed E-state index contributed by atoms with van der Waals surface area (Å²) in [6, 6.07) is -0.110. The number of aromatic nitrogens is 2. The van der Waals surface area contributed by atoms with E-state index in [1.807, 2.05) is 6.92 Å². The standard InChI is InChI=1S/C6H11N3O/c1-3-5(7)6-8-4(2)9-10-6/h5H,3,7H2,1-2H3/t5-/m1/s1. The minimum Gasteiger partial charge on any atom is -0.338 e. The highest BCUT2D eigenvalue weighted by Crippen LogP contribution is 2.09. The molecule has 1 atom stereocenters. The molecule has 56 valence electrons. The van der Waals surface area contributed by atoms with Gasteiger partial charge in [-0.15, -0.1) is 0 Å². The maximum atomic E-state index is 5.61. The fourth-order valence-corrected chi connectivity index (χ4v) is 0.638. The molecule has 1 aromatic rings. The number of nitrogens with zero attached hydrogens (tertiary/aromatic N) is 2. The smallest absolute Gasteiger partial charge is 0.243 e. The zero-order valence-electron chi connectivity index (χ0n) is 6.16. The minimum atomic E-state index is -0.110. The third-order valence-corrected chi connectivity index (χ3v) is 1.30. The summed E-state index contributed by atoms with van der Waals surface area (Å²) in [5.74, 6) is 1.17. The molecule has 0 bridgehead atoms. The zero-order valence-corrected chi connectivity index (χ0v) is 6.16. The molecule has 0 saturated carbocycles. The number of nitrogens with two attached hydrogens (primary N) is 1. The van der Waals surface area contributed by atoms with Crippen LogP contribution in [0.2, 0.25) is 0 Å². The van der Waals surface area contributed by atoms with Gasteiger partial charge in [0, 0.05) is 0 Å². The van der Waals surface area contributed by atoms with Crippen molar-refractivity contribution in [3.05, 3.63) is 11.7 Å². The van der Waals surface area contributed by atoms with E-state index < -0.39 is 0 Å². The van der Waals surface area contributed by atoms with Crippen LogP contribution in [-0.2, 0) is 0 Å². The lowest BCUT2D eigenvalue weighted by molar-refractivity contribution is 0.349. The number of hydrogen-bond acceptors (Lipinski definition) is 4. The molecule has 0 amide bonds. The number of rotatable bonds is 2. The van der Waals surface area contributed by atoms with Crippen molar-refractivity contribution in [1.82, 2.24) is 10.1 Å². The van der Waals surface area contributed by atoms with Crippen molar-refractivity contribution in [3.63, 3.8) is 0 Å². The van der Waals surface area contributed by atoms with Gasteiger partial charge in [-0.2, -0.15) is 4.98 Å². The van der Waals surface area contributed by atoms with Crippen molar-refractivity contribution >= 4 is 0 Å². The van der Waals surface area contributed by atoms with Crippen molar-refractivity contribution in [3.8, 4) is 0 Å². The van der Waals surface area contributed by atoms with Gasteiger partial charge in [0.1, 0.15) is 0 Å². The quantitative estimate of drug-likeness (QED) is 0.661. The van der Waals surface area contributed by atoms with E-state index in [-0.39, 0.29) is 6.04 Å². The van der Waals surface area contributed by atoms with Crippen LogP contribution in [-0.4, -0.2) is 10.1 Å². The number of aryl methyl sites for hydroxylation is 1. The van der Waals surface area contributed by atoms with E-state index in [1.54, 1.807) is 6.92 Å². The Morgan fingerprint density at radius 3 is 2.80 bits per heavy atom. The molecule has 0 radical (unpaired) electrons. The topological polar surface area (TPSA) is 64.9 Å². The van der Waals surface area contributed by atoms with E-state index in [0.717, 1.165) is 6.42 Å². The van der Waals surface area contributed by atoms with Crippen molar-refractivity contribution in [2.24, 2.45) is 5.73 Å². The first kappa shape index (κ1) is 7.21. The molecule has 10 heavy (non-hydrogen) atoms. The van der Waals surface area contributed by atoms with Gasteiger partial charge >= 0.3 is 0 Å². The van der Waals surface area contributed by atoms with Crippen LogP contribution in [0.25, 0.3) is 0 Å². The Hall–Kier alpha value is -0.900. The summed E-state index contributed by atoms with van der Waals surface area (Å²) in [6.07, 6.45) is 0.821. The van der Waals surface area contributed by atoms with E-state index in [2.05, 4.69) is 10.1 Å². The Bertz CT molecular complexity index is 209. The normalized spacial score (nSPS) is 13.5. The highest BCUT2D eigenvalue weighted by molar-refractivity contribution is 4.88. The first-order valence-electron chi connectivity index (χ1n) is 3.29. The maximum Gasteiger partial charge on any atom is 0.243 e. The molecule has 0 unspecified atom stereocenters. The molecule has 0 aliphatic rings. The summed E-state index contributed by atoms with van der Waals surface area (Å²) in [7, 11) is 0. The van der Waals surface area contributed by atoms with Crippen LogP contribution in [0, 0.1) is 6.92 Å². The Kier molecular flexibility index (Phi) is 2.01. The summed E-state index contributed by atoms with van der Waals surface area (Å²) in [5, 5.41) is 3.62. The van der Waals surface area contributed by atoms with Crippen LogP contribution < -0.4 is 5.73 Å². The Morgan fingerprint density at radius 2 is 2.40 bits per heavy atom. The average Bonchev–Trinajstić information content (AvgIpc) is 2.34. The Labute approximate surface area is 59.4 Å². The summed E-state index contributed by atoms with van der Waals surface area (Å²) in [4.78, 5) is 3.98. The monoisotopic (exact) mass is 141 g/mol. The maximum absolute atomic E-state index is 5.61. The lowest BCUT2D eigenvalue weighted by Gasteiger charge is -1.98. The molecule has 0 aliphatic heterocycles. The molecule has 1 heterocycles. The van der Waals surface area contributed by atoms with Gasteiger partial charge in [-0.3, -0.25) is 0 Å². The van der Waals surface area contributed by atoms with Crippen LogP contribution in [0.4, 0.5) is 0 Å². The largest absolute Gasteiger partial charge is 0.338 e. The summed E-state index contributed by atoms with van der Waals surface area (Å²) in [5.41, 5.74) is 5.61. The second-order valence-corrected chi connectivity index (χ2v) is 2.19. The highest BCUT2D eigenvalue weighted by atomic mass is 16.5. The predicted octanol–water partition coefficient (Wildman–Crippen LogP) is 0.788. The van der Waals surface area contributed by atoms with Crippen LogP contribution in [0.15, 0.2) is 4.52 Å². The second kappa shape index (κ2) is 2.79. The van der Waals surface area contributed by atoms with Gasteiger partial charge in [0.05, 0.1) is 6.04 Å². The Balaban J connectivity index is 2.74. The van der Waals surface area contributed by atoms with E-state index in [4.69, 9.17) is 10.3 Å². The van der Waals surface area contributed by atoms with Crippen LogP contribution >= 0.6 is 0 Å². The first-order chi connectivity index (χ1) is 4.74. The molecular weight excluding hydrogens is 130 g/mol. The molecule has 1 aromatic heterocycles. The van der Waals surface area contributed by atoms with Crippen molar-refractivity contribution < 1.29 is 4.52 Å². The van der Waals surface area contributed by atoms with Crippen molar-refractivity contribution in [2.45, 2.75) is 26.3 Å². The minimum absolute atomic E-state index is 0.110. The van der Waals surface area contributed by atoms with Gasteiger partial charge < -0.3 is 10.3 Å². The fraction of sp³-hybridized carbons (Fsp3) is 0.667. The molecule has 0 aliphatic carbocycles. The van der Waals surface area contributed by atoms with Crippen molar-refractivity contribution in [2.75, 3.05) is 0 Å². The van der Waals surface area contributed by atoms with Gasteiger partial charge in [-0.25, -0.2) is 0 Å². The summed E-state index contributed by atoms with van der Waals surface area (Å²) < 4.78 is 4.83. The molecule has 0 fully saturated rings. The molecule has 0 aromatic carbocycles. The Morgan fingerprint density at radius 1 is 1.70 bits per heavy atom. The zero-order chi connectivity index (χ0) is 7.56. The SMILES string of the molecule is CC[C@@H](N)c1nc(C)no1.